The molecule has 0 aromatic heterocycles. The molecule has 2 aliphatic rings. The Morgan fingerprint density at radius 2 is 2.06 bits per heavy atom. The lowest BCUT2D eigenvalue weighted by molar-refractivity contribution is -0.130. The van der Waals surface area contributed by atoms with Crippen molar-refractivity contribution in [2.45, 2.75) is 56.8 Å². The zero-order valence-corrected chi connectivity index (χ0v) is 19.0. The van der Waals surface area contributed by atoms with Crippen LogP contribution in [0.15, 0.2) is 61.2 Å². The first-order chi connectivity index (χ1) is 15.7. The van der Waals surface area contributed by atoms with Crippen molar-refractivity contribution in [1.82, 2.24) is 15.5 Å². The van der Waals surface area contributed by atoms with Crippen molar-refractivity contribution < 1.29 is 14.7 Å². The van der Waals surface area contributed by atoms with Crippen LogP contribution in [0.5, 0.6) is 0 Å². The second-order valence-corrected chi connectivity index (χ2v) is 9.22. The molecule has 4 rings (SSSR count). The van der Waals surface area contributed by atoms with Gasteiger partial charge in [0.15, 0.2) is 5.96 Å². The fraction of sp³-hybridized carbons (Fsp3) is 0.346. The third kappa shape index (κ3) is 4.28. The lowest BCUT2D eigenvalue weighted by Gasteiger charge is -2.40. The van der Waals surface area contributed by atoms with Crippen molar-refractivity contribution >= 4 is 17.8 Å². The van der Waals surface area contributed by atoms with E-state index in [0.29, 0.717) is 18.4 Å². The Labute approximate surface area is 194 Å². The fourth-order valence-electron chi connectivity index (χ4n) is 4.59. The van der Waals surface area contributed by atoms with Crippen molar-refractivity contribution in [1.29, 1.82) is 5.41 Å². The molecule has 1 heterocycles. The largest absolute Gasteiger partial charge is 0.383 e. The number of aliphatic hydroxyl groups is 1. The van der Waals surface area contributed by atoms with Gasteiger partial charge in [-0.25, -0.2) is 0 Å². The first-order valence-corrected chi connectivity index (χ1v) is 11.2. The minimum Gasteiger partial charge on any atom is -0.383 e. The first-order valence-electron chi connectivity index (χ1n) is 11.2. The summed E-state index contributed by atoms with van der Waals surface area (Å²) in [6.45, 7) is 7.90. The molecule has 7 nitrogen and oxygen atoms in total. The molecular weight excluding hydrogens is 416 g/mol. The van der Waals surface area contributed by atoms with Gasteiger partial charge in [-0.05, 0) is 42.2 Å². The van der Waals surface area contributed by atoms with Gasteiger partial charge in [0.2, 0.25) is 5.91 Å². The number of benzene rings is 2. The normalized spacial score (nSPS) is 26.5. The Morgan fingerprint density at radius 1 is 1.30 bits per heavy atom. The highest BCUT2D eigenvalue weighted by Crippen LogP contribution is 2.40. The lowest BCUT2D eigenvalue weighted by atomic mass is 9.92. The van der Waals surface area contributed by atoms with E-state index in [4.69, 9.17) is 5.41 Å². The molecule has 1 aliphatic carbocycles. The van der Waals surface area contributed by atoms with Crippen molar-refractivity contribution in [3.8, 4) is 0 Å². The van der Waals surface area contributed by atoms with Crippen LogP contribution in [-0.2, 0) is 17.8 Å². The van der Waals surface area contributed by atoms with Gasteiger partial charge in [0.1, 0.15) is 5.60 Å². The quantitative estimate of drug-likeness (QED) is 0.512. The summed E-state index contributed by atoms with van der Waals surface area (Å²) in [5.74, 6) is -0.365. The van der Waals surface area contributed by atoms with Gasteiger partial charge in [-0.1, -0.05) is 49.4 Å². The number of nitrogens with one attached hydrogen (secondary N) is 3. The summed E-state index contributed by atoms with van der Waals surface area (Å²) in [4.78, 5) is 27.2. The molecular formula is C26H30N4O3. The summed E-state index contributed by atoms with van der Waals surface area (Å²) >= 11 is 0. The maximum Gasteiger partial charge on any atom is 0.251 e. The van der Waals surface area contributed by atoms with E-state index in [1.54, 1.807) is 18.2 Å². The standard InChI is InChI=1S/C26H30N4O3/c1-4-25(3)15-21(31)30(24(27)29-25)16-17-9-8-11-18(13-17)23(32)28-22-20-12-7-6-10-19(20)14-26(22,33)5-2/h5-13,22,33H,2,4,14-16H2,1,3H3,(H2,27,29)(H,28,32)/t22-,25?,26+/m1/s1. The van der Waals surface area contributed by atoms with Gasteiger partial charge in [-0.15, -0.1) is 6.58 Å². The second-order valence-electron chi connectivity index (χ2n) is 9.22. The third-order valence-corrected chi connectivity index (χ3v) is 6.81. The predicted molar refractivity (Wildman–Crippen MR) is 127 cm³/mol. The molecule has 0 spiro atoms. The smallest absolute Gasteiger partial charge is 0.251 e. The van der Waals surface area contributed by atoms with Crippen LogP contribution < -0.4 is 10.6 Å². The van der Waals surface area contributed by atoms with Crippen molar-refractivity contribution in [2.24, 2.45) is 0 Å². The molecule has 0 radical (unpaired) electrons. The number of hydrogen-bond donors (Lipinski definition) is 4. The summed E-state index contributed by atoms with van der Waals surface area (Å²) in [5, 5.41) is 25.4. The Kier molecular flexibility index (Phi) is 5.84. The molecule has 172 valence electrons. The maximum atomic E-state index is 13.1. The fourth-order valence-corrected chi connectivity index (χ4v) is 4.59. The van der Waals surface area contributed by atoms with Gasteiger partial charge in [0.25, 0.3) is 5.91 Å². The molecule has 7 heteroatoms. The minimum atomic E-state index is -1.26. The molecule has 3 atom stereocenters. The molecule has 0 bridgehead atoms. The Bertz CT molecular complexity index is 1110. The second kappa shape index (κ2) is 8.48. The van der Waals surface area contributed by atoms with E-state index in [0.717, 1.165) is 23.1 Å². The third-order valence-electron chi connectivity index (χ3n) is 6.81. The number of rotatable bonds is 6. The molecule has 2 amide bonds. The van der Waals surface area contributed by atoms with E-state index < -0.39 is 17.2 Å². The average Bonchev–Trinajstić information content (AvgIpc) is 3.08. The average molecular weight is 447 g/mol. The monoisotopic (exact) mass is 446 g/mol. The van der Waals surface area contributed by atoms with Gasteiger partial charge in [-0.3, -0.25) is 19.9 Å². The van der Waals surface area contributed by atoms with E-state index in [1.807, 2.05) is 44.2 Å². The highest BCUT2D eigenvalue weighted by atomic mass is 16.3. The van der Waals surface area contributed by atoms with Crippen LogP contribution in [0.1, 0.15) is 59.8 Å². The van der Waals surface area contributed by atoms with Gasteiger partial charge in [0.05, 0.1) is 19.0 Å². The maximum absolute atomic E-state index is 13.1. The molecule has 4 N–H and O–H groups in total. The number of carbonyl (C=O) groups is 2. The predicted octanol–water partition coefficient (Wildman–Crippen LogP) is 3.06. The zero-order valence-electron chi connectivity index (χ0n) is 19.0. The number of guanidine groups is 1. The molecule has 33 heavy (non-hydrogen) atoms. The van der Waals surface area contributed by atoms with E-state index in [9.17, 15) is 14.7 Å². The van der Waals surface area contributed by atoms with E-state index in [1.165, 1.54) is 11.0 Å². The molecule has 2 aromatic rings. The number of hydrogen-bond acceptors (Lipinski definition) is 4. The number of fused-ring (bicyclic) bond motifs is 1. The summed E-state index contributed by atoms with van der Waals surface area (Å²) in [5.41, 5.74) is 1.35. The van der Waals surface area contributed by atoms with E-state index >= 15 is 0 Å². The molecule has 2 aromatic carbocycles. The minimum absolute atomic E-state index is 0.0732. The van der Waals surface area contributed by atoms with Gasteiger partial charge in [0, 0.05) is 17.5 Å². The summed E-state index contributed by atoms with van der Waals surface area (Å²) in [6, 6.07) is 14.0. The summed E-state index contributed by atoms with van der Waals surface area (Å²) < 4.78 is 0. The first kappa shape index (κ1) is 22.7. The van der Waals surface area contributed by atoms with Crippen LogP contribution in [0, 0.1) is 5.41 Å². The van der Waals surface area contributed by atoms with Gasteiger partial charge >= 0.3 is 0 Å². The summed E-state index contributed by atoms with van der Waals surface area (Å²) in [7, 11) is 0. The number of amides is 2. The lowest BCUT2D eigenvalue weighted by Crippen LogP contribution is -2.60. The highest BCUT2D eigenvalue weighted by molar-refractivity contribution is 5.99. The summed E-state index contributed by atoms with van der Waals surface area (Å²) in [6.07, 6.45) is 2.93. The van der Waals surface area contributed by atoms with Crippen molar-refractivity contribution in [2.75, 3.05) is 0 Å². The topological polar surface area (TPSA) is 106 Å². The number of nitrogens with zero attached hydrogens (tertiary/aromatic N) is 1. The van der Waals surface area contributed by atoms with Crippen LogP contribution in [0.2, 0.25) is 0 Å². The van der Waals surface area contributed by atoms with Gasteiger partial charge in [-0.2, -0.15) is 0 Å². The van der Waals surface area contributed by atoms with Crippen LogP contribution in [-0.4, -0.2) is 38.9 Å². The molecule has 1 saturated heterocycles. The SMILES string of the molecule is C=C[C@]1(O)Cc2ccccc2[C@H]1NC(=O)c1cccc(CN2C(=N)NC(C)(CC)CC2=O)c1. The Hall–Kier alpha value is -3.45. The van der Waals surface area contributed by atoms with Crippen LogP contribution >= 0.6 is 0 Å². The Morgan fingerprint density at radius 3 is 2.76 bits per heavy atom. The van der Waals surface area contributed by atoms with Crippen LogP contribution in [0.4, 0.5) is 0 Å². The van der Waals surface area contributed by atoms with Crippen molar-refractivity contribution in [3.63, 3.8) is 0 Å². The van der Waals surface area contributed by atoms with Crippen molar-refractivity contribution in [3.05, 3.63) is 83.4 Å². The van der Waals surface area contributed by atoms with E-state index in [2.05, 4.69) is 17.2 Å². The van der Waals surface area contributed by atoms with Crippen LogP contribution in [0.25, 0.3) is 0 Å². The molecule has 0 saturated carbocycles. The Balaban J connectivity index is 1.51. The highest BCUT2D eigenvalue weighted by Gasteiger charge is 2.43. The zero-order chi connectivity index (χ0) is 23.8. The molecule has 1 unspecified atom stereocenters. The number of carbonyl (C=O) groups excluding carboxylic acids is 2. The molecule has 1 fully saturated rings. The molecule has 1 aliphatic heterocycles. The van der Waals surface area contributed by atoms with E-state index in [-0.39, 0.29) is 24.3 Å². The van der Waals surface area contributed by atoms with Gasteiger partial charge < -0.3 is 15.7 Å². The van der Waals surface area contributed by atoms with Crippen LogP contribution in [0.3, 0.4) is 0 Å².